The molecule has 32 heavy (non-hydrogen) atoms. The van der Waals surface area contributed by atoms with E-state index in [0.29, 0.717) is 11.7 Å². The number of thiazole rings is 1. The molecule has 0 saturated heterocycles. The summed E-state index contributed by atoms with van der Waals surface area (Å²) < 4.78 is 39.4. The molecule has 0 radical (unpaired) electrons. The topological polar surface area (TPSA) is 70.6 Å². The van der Waals surface area contributed by atoms with Gasteiger partial charge < -0.3 is 4.90 Å². The minimum atomic E-state index is -3.70. The van der Waals surface area contributed by atoms with Crippen molar-refractivity contribution in [1.82, 2.24) is 9.88 Å². The molecule has 0 aliphatic rings. The number of aryl methyl sites for hydroxylation is 1. The fraction of sp³-hybridized carbons (Fsp3) is 0.391. The molecule has 172 valence electrons. The SMILES string of the molecule is CCc1cccc2sc(N(CCCN(C)C)C(=O)CCS(=O)(=O)c3ccc(F)cc3)nc12. The normalized spacial score (nSPS) is 11.9. The van der Waals surface area contributed by atoms with Crippen LogP contribution in [0.3, 0.4) is 0 Å². The van der Waals surface area contributed by atoms with Crippen molar-refractivity contribution in [3.63, 3.8) is 0 Å². The Kier molecular flexibility index (Phi) is 7.97. The minimum absolute atomic E-state index is 0.0124. The zero-order valence-corrected chi connectivity index (χ0v) is 20.2. The van der Waals surface area contributed by atoms with Gasteiger partial charge >= 0.3 is 0 Å². The standard InChI is InChI=1S/C23H28FN3O3S2/c1-4-17-7-5-8-20-22(17)25-23(31-20)27(15-6-14-26(2)3)21(28)13-16-32(29,30)19-11-9-18(24)10-12-19/h5,7-12H,4,6,13-16H2,1-3H3. The first-order valence-electron chi connectivity index (χ1n) is 10.5. The van der Waals surface area contributed by atoms with Crippen molar-refractivity contribution >= 4 is 42.4 Å². The van der Waals surface area contributed by atoms with Crippen molar-refractivity contribution in [3.8, 4) is 0 Å². The molecule has 0 aliphatic heterocycles. The lowest BCUT2D eigenvalue weighted by Gasteiger charge is -2.21. The number of anilines is 1. The quantitative estimate of drug-likeness (QED) is 0.411. The van der Waals surface area contributed by atoms with Gasteiger partial charge in [-0.25, -0.2) is 17.8 Å². The predicted octanol–water partition coefficient (Wildman–Crippen LogP) is 4.15. The first-order chi connectivity index (χ1) is 15.2. The van der Waals surface area contributed by atoms with Crippen LogP contribution in [0.15, 0.2) is 47.4 Å². The van der Waals surface area contributed by atoms with Crippen molar-refractivity contribution in [2.75, 3.05) is 37.8 Å². The molecular weight excluding hydrogens is 449 g/mol. The Balaban J connectivity index is 1.81. The number of halogens is 1. The number of para-hydroxylation sites is 1. The highest BCUT2D eigenvalue weighted by atomic mass is 32.2. The smallest absolute Gasteiger partial charge is 0.229 e. The number of rotatable bonds is 10. The van der Waals surface area contributed by atoms with Crippen LogP contribution in [0.4, 0.5) is 9.52 Å². The average Bonchev–Trinajstić information content (AvgIpc) is 3.19. The van der Waals surface area contributed by atoms with Crippen molar-refractivity contribution in [2.45, 2.75) is 31.1 Å². The summed E-state index contributed by atoms with van der Waals surface area (Å²) in [5, 5.41) is 0.587. The summed E-state index contributed by atoms with van der Waals surface area (Å²) in [7, 11) is 0.233. The van der Waals surface area contributed by atoms with E-state index in [9.17, 15) is 17.6 Å². The van der Waals surface area contributed by atoms with Crippen LogP contribution < -0.4 is 4.90 Å². The number of benzene rings is 2. The van der Waals surface area contributed by atoms with Gasteiger partial charge in [0.15, 0.2) is 15.0 Å². The van der Waals surface area contributed by atoms with Gasteiger partial charge in [-0.3, -0.25) is 9.69 Å². The number of amides is 1. The molecule has 3 rings (SSSR count). The molecule has 2 aromatic carbocycles. The lowest BCUT2D eigenvalue weighted by atomic mass is 10.1. The molecule has 0 N–H and O–H groups in total. The number of aromatic nitrogens is 1. The molecule has 0 saturated carbocycles. The first kappa shape index (κ1) is 24.3. The van der Waals surface area contributed by atoms with Gasteiger partial charge in [-0.15, -0.1) is 0 Å². The third-order valence-corrected chi connectivity index (χ3v) is 7.92. The molecule has 1 amide bonds. The highest BCUT2D eigenvalue weighted by Gasteiger charge is 2.23. The molecule has 6 nitrogen and oxygen atoms in total. The Morgan fingerprint density at radius 2 is 1.81 bits per heavy atom. The number of sulfone groups is 1. The molecule has 0 spiro atoms. The van der Waals surface area contributed by atoms with Crippen LogP contribution in [0, 0.1) is 5.82 Å². The fourth-order valence-corrected chi connectivity index (χ4v) is 5.67. The summed E-state index contributed by atoms with van der Waals surface area (Å²) in [5.74, 6) is -1.13. The lowest BCUT2D eigenvalue weighted by Crippen LogP contribution is -2.34. The third kappa shape index (κ3) is 5.90. The van der Waals surface area contributed by atoms with Gasteiger partial charge in [0.1, 0.15) is 5.82 Å². The van der Waals surface area contributed by atoms with Gasteiger partial charge in [-0.05, 0) is 69.4 Å². The summed E-state index contributed by atoms with van der Waals surface area (Å²) in [6, 6.07) is 10.7. The molecule has 0 fully saturated rings. The van der Waals surface area contributed by atoms with Gasteiger partial charge in [0.05, 0.1) is 20.9 Å². The van der Waals surface area contributed by atoms with E-state index in [1.54, 1.807) is 4.90 Å². The zero-order valence-electron chi connectivity index (χ0n) is 18.5. The monoisotopic (exact) mass is 477 g/mol. The summed E-state index contributed by atoms with van der Waals surface area (Å²) in [5.41, 5.74) is 2.00. The van der Waals surface area contributed by atoms with E-state index in [1.165, 1.54) is 23.5 Å². The van der Waals surface area contributed by atoms with Gasteiger partial charge in [-0.1, -0.05) is 30.4 Å². The molecule has 1 heterocycles. The summed E-state index contributed by atoms with van der Waals surface area (Å²) in [6.45, 7) is 3.31. The molecular formula is C23H28FN3O3S2. The molecule has 0 unspecified atom stereocenters. The Morgan fingerprint density at radius 1 is 1.09 bits per heavy atom. The summed E-state index contributed by atoms with van der Waals surface area (Å²) in [4.78, 5) is 21.5. The van der Waals surface area contributed by atoms with E-state index in [2.05, 4.69) is 6.92 Å². The van der Waals surface area contributed by atoms with Crippen LogP contribution in [0.2, 0.25) is 0 Å². The number of carbonyl (C=O) groups is 1. The Hall–Kier alpha value is -2.36. The molecule has 9 heteroatoms. The van der Waals surface area contributed by atoms with Crippen LogP contribution in [0.1, 0.15) is 25.3 Å². The van der Waals surface area contributed by atoms with E-state index in [1.807, 2.05) is 37.2 Å². The van der Waals surface area contributed by atoms with Crippen molar-refractivity contribution in [3.05, 3.63) is 53.8 Å². The number of carbonyl (C=O) groups excluding carboxylic acids is 1. The Morgan fingerprint density at radius 3 is 2.47 bits per heavy atom. The zero-order chi connectivity index (χ0) is 23.3. The number of fused-ring (bicyclic) bond motifs is 1. The second kappa shape index (κ2) is 10.5. The van der Waals surface area contributed by atoms with Gasteiger partial charge in [-0.2, -0.15) is 0 Å². The van der Waals surface area contributed by atoms with Crippen molar-refractivity contribution < 1.29 is 17.6 Å². The maximum Gasteiger partial charge on any atom is 0.229 e. The maximum absolute atomic E-state index is 13.1. The number of hydrogen-bond acceptors (Lipinski definition) is 6. The van der Waals surface area contributed by atoms with Crippen LogP contribution >= 0.6 is 11.3 Å². The largest absolute Gasteiger partial charge is 0.309 e. The van der Waals surface area contributed by atoms with Crippen LogP contribution in [0.25, 0.3) is 10.2 Å². The van der Waals surface area contributed by atoms with Gasteiger partial charge in [0, 0.05) is 13.0 Å². The van der Waals surface area contributed by atoms with E-state index in [-0.39, 0.29) is 23.0 Å². The second-order valence-corrected chi connectivity index (χ2v) is 11.0. The lowest BCUT2D eigenvalue weighted by molar-refractivity contribution is -0.118. The summed E-state index contributed by atoms with van der Waals surface area (Å²) in [6.07, 6.45) is 1.41. The molecule has 3 aromatic rings. The van der Waals surface area contributed by atoms with Crippen molar-refractivity contribution in [2.24, 2.45) is 0 Å². The Bertz CT molecular complexity index is 1170. The van der Waals surface area contributed by atoms with Gasteiger partial charge in [0.25, 0.3) is 0 Å². The fourth-order valence-electron chi connectivity index (χ4n) is 3.38. The Labute approximate surface area is 192 Å². The summed E-state index contributed by atoms with van der Waals surface area (Å²) >= 11 is 1.44. The van der Waals surface area contributed by atoms with E-state index in [0.717, 1.165) is 47.3 Å². The van der Waals surface area contributed by atoms with Crippen LogP contribution in [-0.4, -0.2) is 57.1 Å². The second-order valence-electron chi connectivity index (χ2n) is 7.84. The highest BCUT2D eigenvalue weighted by Crippen LogP contribution is 2.31. The molecule has 0 atom stereocenters. The predicted molar refractivity (Wildman–Crippen MR) is 128 cm³/mol. The minimum Gasteiger partial charge on any atom is -0.309 e. The van der Waals surface area contributed by atoms with Crippen LogP contribution in [-0.2, 0) is 21.1 Å². The van der Waals surface area contributed by atoms with Gasteiger partial charge in [0.2, 0.25) is 5.91 Å². The average molecular weight is 478 g/mol. The van der Waals surface area contributed by atoms with E-state index in [4.69, 9.17) is 4.98 Å². The molecule has 1 aromatic heterocycles. The maximum atomic E-state index is 13.1. The third-order valence-electron chi connectivity index (χ3n) is 5.15. The molecule has 0 bridgehead atoms. The molecule has 0 aliphatic carbocycles. The van der Waals surface area contributed by atoms with E-state index < -0.39 is 15.7 Å². The first-order valence-corrected chi connectivity index (χ1v) is 13.0. The van der Waals surface area contributed by atoms with E-state index >= 15 is 0 Å². The van der Waals surface area contributed by atoms with Crippen molar-refractivity contribution in [1.29, 1.82) is 0 Å². The highest BCUT2D eigenvalue weighted by molar-refractivity contribution is 7.91. The number of hydrogen-bond donors (Lipinski definition) is 0. The number of nitrogens with zero attached hydrogens (tertiary/aromatic N) is 3. The van der Waals surface area contributed by atoms with Crippen LogP contribution in [0.5, 0.6) is 0 Å².